The molecule has 20 heavy (non-hydrogen) atoms. The summed E-state index contributed by atoms with van der Waals surface area (Å²) in [6, 6.07) is 0.493. The van der Waals surface area contributed by atoms with Crippen LogP contribution in [-0.2, 0) is 10.2 Å². The van der Waals surface area contributed by atoms with Crippen LogP contribution in [-0.4, -0.2) is 80.8 Å². The predicted octanol–water partition coefficient (Wildman–Crippen LogP) is -0.0590. The van der Waals surface area contributed by atoms with Gasteiger partial charge in [-0.15, -0.1) is 0 Å². The molecular formula is C13H28N4O2S. The predicted molar refractivity (Wildman–Crippen MR) is 80.9 cm³/mol. The molecule has 2 aliphatic rings. The van der Waals surface area contributed by atoms with Crippen LogP contribution in [0.3, 0.4) is 0 Å². The molecule has 0 aromatic carbocycles. The lowest BCUT2D eigenvalue weighted by Gasteiger charge is -2.42. The molecule has 0 aliphatic carbocycles. The molecule has 2 fully saturated rings. The maximum atomic E-state index is 12.7. The van der Waals surface area contributed by atoms with Gasteiger partial charge in [0.1, 0.15) is 0 Å². The lowest BCUT2D eigenvalue weighted by molar-refractivity contribution is 0.112. The van der Waals surface area contributed by atoms with Gasteiger partial charge in [-0.3, -0.25) is 4.90 Å². The third-order valence-electron chi connectivity index (χ3n) is 4.47. The summed E-state index contributed by atoms with van der Waals surface area (Å²) in [7, 11) is 0.260. The number of hydrogen-bond donors (Lipinski definition) is 1. The van der Waals surface area contributed by atoms with Crippen molar-refractivity contribution in [3.63, 3.8) is 0 Å². The van der Waals surface area contributed by atoms with Gasteiger partial charge in [0.15, 0.2) is 0 Å². The van der Waals surface area contributed by atoms with Gasteiger partial charge in [-0.1, -0.05) is 0 Å². The molecule has 7 heteroatoms. The molecule has 2 rings (SSSR count). The zero-order chi connectivity index (χ0) is 14.8. The first-order valence-electron chi connectivity index (χ1n) is 7.58. The Morgan fingerprint density at radius 3 is 2.80 bits per heavy atom. The Kier molecular flexibility index (Phi) is 5.42. The molecule has 2 unspecified atom stereocenters. The molecule has 2 heterocycles. The largest absolute Gasteiger partial charge is 0.320 e. The normalized spacial score (nSPS) is 29.0. The molecule has 6 nitrogen and oxygen atoms in total. The maximum Gasteiger partial charge on any atom is 0.282 e. The highest BCUT2D eigenvalue weighted by atomic mass is 32.2. The fourth-order valence-electron chi connectivity index (χ4n) is 3.25. The van der Waals surface area contributed by atoms with Crippen LogP contribution in [0.2, 0.25) is 0 Å². The lowest BCUT2D eigenvalue weighted by Crippen LogP contribution is -2.59. The molecule has 2 aliphatic heterocycles. The van der Waals surface area contributed by atoms with E-state index in [1.807, 2.05) is 14.0 Å². The van der Waals surface area contributed by atoms with Crippen LogP contribution in [0.5, 0.6) is 0 Å². The van der Waals surface area contributed by atoms with Crippen molar-refractivity contribution < 1.29 is 8.42 Å². The van der Waals surface area contributed by atoms with E-state index in [1.54, 1.807) is 11.4 Å². The minimum absolute atomic E-state index is 0.0705. The SMILES string of the molecule is CNCCCN(C)S(=O)(=O)N1CC2CCCN2CC1C. The number of piperazine rings is 1. The summed E-state index contributed by atoms with van der Waals surface area (Å²) in [4.78, 5) is 2.44. The molecule has 0 saturated carbocycles. The van der Waals surface area contributed by atoms with Gasteiger partial charge in [-0.2, -0.15) is 17.0 Å². The summed E-state index contributed by atoms with van der Waals surface area (Å²) >= 11 is 0. The number of nitrogens with zero attached hydrogens (tertiary/aromatic N) is 3. The van der Waals surface area contributed by atoms with Crippen molar-refractivity contribution in [2.45, 2.75) is 38.3 Å². The number of fused-ring (bicyclic) bond motifs is 1. The van der Waals surface area contributed by atoms with Gasteiger partial charge >= 0.3 is 0 Å². The zero-order valence-electron chi connectivity index (χ0n) is 12.9. The van der Waals surface area contributed by atoms with Crippen LogP contribution in [0.1, 0.15) is 26.2 Å². The van der Waals surface area contributed by atoms with Gasteiger partial charge in [-0.05, 0) is 46.3 Å². The first-order chi connectivity index (χ1) is 9.46. The molecule has 0 radical (unpaired) electrons. The molecule has 0 aromatic rings. The summed E-state index contributed by atoms with van der Waals surface area (Å²) < 4.78 is 28.6. The Morgan fingerprint density at radius 1 is 1.35 bits per heavy atom. The first kappa shape index (κ1) is 16.2. The Balaban J connectivity index is 2.00. The van der Waals surface area contributed by atoms with E-state index in [2.05, 4.69) is 10.2 Å². The van der Waals surface area contributed by atoms with E-state index in [4.69, 9.17) is 0 Å². The van der Waals surface area contributed by atoms with Crippen molar-refractivity contribution >= 4 is 10.2 Å². The van der Waals surface area contributed by atoms with E-state index in [0.717, 1.165) is 32.5 Å². The van der Waals surface area contributed by atoms with Crippen molar-refractivity contribution in [2.24, 2.45) is 0 Å². The van der Waals surface area contributed by atoms with Crippen molar-refractivity contribution in [1.82, 2.24) is 18.8 Å². The van der Waals surface area contributed by atoms with Crippen LogP contribution >= 0.6 is 0 Å². The van der Waals surface area contributed by atoms with Crippen molar-refractivity contribution in [3.8, 4) is 0 Å². The summed E-state index contributed by atoms with van der Waals surface area (Å²) in [5, 5.41) is 3.05. The zero-order valence-corrected chi connectivity index (χ0v) is 13.7. The summed E-state index contributed by atoms with van der Waals surface area (Å²) in [6.07, 6.45) is 3.16. The highest BCUT2D eigenvalue weighted by molar-refractivity contribution is 7.86. The smallest absolute Gasteiger partial charge is 0.282 e. The Hall–Kier alpha value is -0.210. The Morgan fingerprint density at radius 2 is 2.10 bits per heavy atom. The van der Waals surface area contributed by atoms with Crippen molar-refractivity contribution in [1.29, 1.82) is 0 Å². The molecule has 2 saturated heterocycles. The van der Waals surface area contributed by atoms with Gasteiger partial charge < -0.3 is 5.32 Å². The molecule has 2 atom stereocenters. The van der Waals surface area contributed by atoms with Crippen LogP contribution in [0.25, 0.3) is 0 Å². The van der Waals surface area contributed by atoms with Crippen LogP contribution < -0.4 is 5.32 Å². The molecule has 0 spiro atoms. The minimum atomic E-state index is -3.32. The monoisotopic (exact) mass is 304 g/mol. The second-order valence-corrected chi connectivity index (χ2v) is 7.98. The summed E-state index contributed by atoms with van der Waals surface area (Å²) in [5.74, 6) is 0. The Labute approximate surface area is 123 Å². The fraction of sp³-hybridized carbons (Fsp3) is 1.00. The summed E-state index contributed by atoms with van der Waals surface area (Å²) in [6.45, 7) is 6.08. The van der Waals surface area contributed by atoms with E-state index in [0.29, 0.717) is 19.1 Å². The Bertz CT molecular complexity index is 415. The van der Waals surface area contributed by atoms with E-state index < -0.39 is 10.2 Å². The van der Waals surface area contributed by atoms with Crippen molar-refractivity contribution in [3.05, 3.63) is 0 Å². The van der Waals surface area contributed by atoms with Crippen molar-refractivity contribution in [2.75, 3.05) is 46.8 Å². The van der Waals surface area contributed by atoms with E-state index in [-0.39, 0.29) is 6.04 Å². The van der Waals surface area contributed by atoms with Gasteiger partial charge in [0.25, 0.3) is 10.2 Å². The number of rotatable bonds is 6. The number of hydrogen-bond acceptors (Lipinski definition) is 4. The average Bonchev–Trinajstić information content (AvgIpc) is 2.84. The van der Waals surface area contributed by atoms with E-state index in [9.17, 15) is 8.42 Å². The van der Waals surface area contributed by atoms with Gasteiger partial charge in [-0.25, -0.2) is 0 Å². The molecule has 0 amide bonds. The second-order valence-electron chi connectivity index (χ2n) is 6.00. The van der Waals surface area contributed by atoms with E-state index >= 15 is 0 Å². The topological polar surface area (TPSA) is 55.9 Å². The van der Waals surface area contributed by atoms with Gasteiger partial charge in [0.05, 0.1) is 0 Å². The van der Waals surface area contributed by atoms with Crippen LogP contribution in [0.15, 0.2) is 0 Å². The van der Waals surface area contributed by atoms with Gasteiger partial charge in [0, 0.05) is 38.8 Å². The quantitative estimate of drug-likeness (QED) is 0.699. The highest BCUT2D eigenvalue weighted by Crippen LogP contribution is 2.27. The minimum Gasteiger partial charge on any atom is -0.320 e. The lowest BCUT2D eigenvalue weighted by atomic mass is 10.1. The number of nitrogens with one attached hydrogen (secondary N) is 1. The molecule has 0 aromatic heterocycles. The average molecular weight is 304 g/mol. The summed E-state index contributed by atoms with van der Waals surface area (Å²) in [5.41, 5.74) is 0. The molecular weight excluding hydrogens is 276 g/mol. The van der Waals surface area contributed by atoms with Crippen LogP contribution in [0.4, 0.5) is 0 Å². The van der Waals surface area contributed by atoms with Gasteiger partial charge in [0.2, 0.25) is 0 Å². The van der Waals surface area contributed by atoms with Crippen LogP contribution in [0, 0.1) is 0 Å². The van der Waals surface area contributed by atoms with E-state index in [1.165, 1.54) is 10.7 Å². The maximum absolute atomic E-state index is 12.7. The third-order valence-corrected chi connectivity index (χ3v) is 6.54. The third kappa shape index (κ3) is 3.33. The standard InChI is InChI=1S/C13H28N4O2S/c1-12-10-16-9-4-6-13(16)11-17(12)20(18,19)15(3)8-5-7-14-2/h12-14H,4-11H2,1-3H3. The second kappa shape index (κ2) is 6.70. The molecule has 1 N–H and O–H groups in total. The first-order valence-corrected chi connectivity index (χ1v) is 8.98. The molecule has 0 bridgehead atoms. The highest BCUT2D eigenvalue weighted by Gasteiger charge is 2.40. The molecule has 118 valence electrons. The fourth-order valence-corrected chi connectivity index (χ4v) is 4.85.